The molecule has 9 heteroatoms. The molecule has 1 heterocycles. The topological polar surface area (TPSA) is 96.7 Å². The molecule has 3 aromatic carbocycles. The van der Waals surface area contributed by atoms with E-state index in [-0.39, 0.29) is 18.3 Å². The molecule has 0 aliphatic carbocycles. The fourth-order valence-corrected chi connectivity index (χ4v) is 4.28. The van der Waals surface area contributed by atoms with Crippen molar-refractivity contribution in [2.24, 2.45) is 5.73 Å². The van der Waals surface area contributed by atoms with Crippen LogP contribution in [0.15, 0.2) is 66.7 Å². The van der Waals surface area contributed by atoms with Gasteiger partial charge in [-0.25, -0.2) is 9.18 Å². The lowest BCUT2D eigenvalue weighted by molar-refractivity contribution is -0.119. The van der Waals surface area contributed by atoms with Gasteiger partial charge >= 0.3 is 6.03 Å². The number of halogens is 2. The van der Waals surface area contributed by atoms with Crippen molar-refractivity contribution in [1.29, 1.82) is 0 Å². The molecule has 182 valence electrons. The molecule has 1 fully saturated rings. The molecule has 0 radical (unpaired) electrons. The second-order valence-electron chi connectivity index (χ2n) is 8.24. The molecule has 3 aromatic rings. The van der Waals surface area contributed by atoms with Crippen molar-refractivity contribution >= 4 is 34.9 Å². The first-order valence-corrected chi connectivity index (χ1v) is 11.5. The summed E-state index contributed by atoms with van der Waals surface area (Å²) in [6, 6.07) is 17.4. The molecule has 0 bridgehead atoms. The molecule has 0 spiro atoms. The zero-order chi connectivity index (χ0) is 24.9. The Morgan fingerprint density at radius 2 is 1.86 bits per heavy atom. The van der Waals surface area contributed by atoms with Gasteiger partial charge in [0, 0.05) is 37.3 Å². The van der Waals surface area contributed by atoms with E-state index >= 15 is 0 Å². The fourth-order valence-electron chi connectivity index (χ4n) is 4.15. The first-order chi connectivity index (χ1) is 16.9. The van der Waals surface area contributed by atoms with E-state index in [1.165, 1.54) is 24.1 Å². The van der Waals surface area contributed by atoms with E-state index in [9.17, 15) is 14.0 Å². The van der Waals surface area contributed by atoms with Gasteiger partial charge in [-0.3, -0.25) is 4.79 Å². The second kappa shape index (κ2) is 10.9. The summed E-state index contributed by atoms with van der Waals surface area (Å²) in [5.74, 6) is -1.08. The van der Waals surface area contributed by atoms with E-state index in [0.29, 0.717) is 29.2 Å². The average Bonchev–Trinajstić information content (AvgIpc) is 3.31. The van der Waals surface area contributed by atoms with Crippen LogP contribution in [0.1, 0.15) is 12.0 Å². The predicted molar refractivity (Wildman–Crippen MR) is 135 cm³/mol. The van der Waals surface area contributed by atoms with Gasteiger partial charge in [-0.1, -0.05) is 41.9 Å². The summed E-state index contributed by atoms with van der Waals surface area (Å²) < 4.78 is 20.4. The summed E-state index contributed by atoms with van der Waals surface area (Å²) in [7, 11) is 1.53. The summed E-state index contributed by atoms with van der Waals surface area (Å²) in [4.78, 5) is 27.4. The number of hydrogen-bond acceptors (Lipinski definition) is 4. The van der Waals surface area contributed by atoms with E-state index in [2.05, 4.69) is 10.6 Å². The third kappa shape index (κ3) is 5.62. The van der Waals surface area contributed by atoms with Crippen molar-refractivity contribution in [2.45, 2.75) is 25.1 Å². The number of urea groups is 1. The van der Waals surface area contributed by atoms with Crippen LogP contribution in [0.5, 0.6) is 0 Å². The Hall–Kier alpha value is -3.46. The third-order valence-electron chi connectivity index (χ3n) is 6.03. The molecule has 2 atom stereocenters. The molecule has 0 saturated carbocycles. The van der Waals surface area contributed by atoms with E-state index in [4.69, 9.17) is 22.1 Å². The molecule has 4 N–H and O–H groups in total. The maximum absolute atomic E-state index is 15.0. The van der Waals surface area contributed by atoms with Crippen LogP contribution in [-0.4, -0.2) is 42.6 Å². The molecular weight excluding hydrogens is 471 g/mol. The van der Waals surface area contributed by atoms with Crippen molar-refractivity contribution in [3.05, 3.63) is 83.1 Å². The summed E-state index contributed by atoms with van der Waals surface area (Å²) in [6.07, 6.45) is -0.0262. The monoisotopic (exact) mass is 496 g/mol. The van der Waals surface area contributed by atoms with Gasteiger partial charge in [-0.05, 0) is 53.1 Å². The molecule has 4 rings (SSSR count). The number of nitrogens with one attached hydrogen (secondary N) is 2. The van der Waals surface area contributed by atoms with Gasteiger partial charge in [-0.15, -0.1) is 0 Å². The molecule has 35 heavy (non-hydrogen) atoms. The van der Waals surface area contributed by atoms with Gasteiger partial charge in [-0.2, -0.15) is 0 Å². The number of carbonyl (C=O) groups is 2. The van der Waals surface area contributed by atoms with Crippen LogP contribution in [-0.2, 0) is 16.1 Å². The first kappa shape index (κ1) is 24.7. The van der Waals surface area contributed by atoms with Crippen LogP contribution < -0.4 is 16.4 Å². The van der Waals surface area contributed by atoms with Crippen LogP contribution in [0, 0.1) is 5.82 Å². The summed E-state index contributed by atoms with van der Waals surface area (Å²) >= 11 is 5.90. The molecule has 3 amide bonds. The Morgan fingerprint density at radius 1 is 1.11 bits per heavy atom. The van der Waals surface area contributed by atoms with Gasteiger partial charge in [0.15, 0.2) is 0 Å². The maximum atomic E-state index is 15.0. The Kier molecular flexibility index (Phi) is 7.65. The molecule has 0 unspecified atom stereocenters. The number of benzene rings is 3. The van der Waals surface area contributed by atoms with Crippen molar-refractivity contribution in [3.63, 3.8) is 0 Å². The number of anilines is 2. The summed E-state index contributed by atoms with van der Waals surface area (Å²) in [6.45, 7) is 0.553. The maximum Gasteiger partial charge on any atom is 0.322 e. The third-order valence-corrected chi connectivity index (χ3v) is 6.28. The van der Waals surface area contributed by atoms with Crippen LogP contribution >= 0.6 is 11.6 Å². The minimum absolute atomic E-state index is 0.0305. The van der Waals surface area contributed by atoms with Crippen molar-refractivity contribution in [1.82, 2.24) is 4.90 Å². The number of rotatable bonds is 6. The Labute approximate surface area is 208 Å². The van der Waals surface area contributed by atoms with Gasteiger partial charge in [0.25, 0.3) is 0 Å². The largest absolute Gasteiger partial charge is 0.380 e. The number of likely N-dealkylation sites (tertiary alicyclic amines) is 1. The number of methoxy groups -OCH3 is 1. The van der Waals surface area contributed by atoms with Crippen molar-refractivity contribution in [2.75, 3.05) is 24.3 Å². The minimum Gasteiger partial charge on any atom is -0.380 e. The van der Waals surface area contributed by atoms with Gasteiger partial charge < -0.3 is 26.0 Å². The number of nitrogens with zero attached hydrogens (tertiary/aromatic N) is 1. The summed E-state index contributed by atoms with van der Waals surface area (Å²) in [5.41, 5.74) is 8.75. The molecule has 7 nitrogen and oxygen atoms in total. The van der Waals surface area contributed by atoms with E-state index in [0.717, 1.165) is 11.1 Å². The van der Waals surface area contributed by atoms with E-state index < -0.39 is 23.8 Å². The highest BCUT2D eigenvalue weighted by Gasteiger charge is 2.40. The number of hydrogen-bond donors (Lipinski definition) is 3. The van der Waals surface area contributed by atoms with Crippen molar-refractivity contribution < 1.29 is 18.7 Å². The van der Waals surface area contributed by atoms with Gasteiger partial charge in [0.2, 0.25) is 5.91 Å². The molecular formula is C26H26ClFN4O3. The fraction of sp³-hybridized carbons (Fsp3) is 0.231. The predicted octanol–water partition coefficient (Wildman–Crippen LogP) is 4.86. The Balaban J connectivity index is 1.50. The standard InChI is InChI=1S/C26H26ClFN4O3/c1-35-20-13-24(32(15-20)26(34)30-19-9-7-18(27)8-10-19)25(33)31-23-11-6-16(12-22(23)28)21-5-3-2-4-17(21)14-29/h2-12,20,24H,13-15,29H2,1H3,(H,30,34)(H,31,33)/t20-,24-/m1/s1. The SMILES string of the molecule is CO[C@@H]1C[C@H](C(=O)Nc2ccc(-c3ccccc3CN)cc2F)N(C(=O)Nc2ccc(Cl)cc2)C1. The number of ether oxygens (including phenoxy) is 1. The van der Waals surface area contributed by atoms with E-state index in [1.54, 1.807) is 30.3 Å². The highest BCUT2D eigenvalue weighted by molar-refractivity contribution is 6.30. The molecule has 1 aliphatic heterocycles. The van der Waals surface area contributed by atoms with E-state index in [1.807, 2.05) is 24.3 Å². The lowest BCUT2D eigenvalue weighted by atomic mass is 9.99. The second-order valence-corrected chi connectivity index (χ2v) is 8.68. The Morgan fingerprint density at radius 3 is 2.54 bits per heavy atom. The van der Waals surface area contributed by atoms with Crippen molar-refractivity contribution in [3.8, 4) is 11.1 Å². The molecule has 0 aromatic heterocycles. The van der Waals surface area contributed by atoms with Crippen LogP contribution in [0.2, 0.25) is 5.02 Å². The zero-order valence-electron chi connectivity index (χ0n) is 19.1. The minimum atomic E-state index is -0.829. The zero-order valence-corrected chi connectivity index (χ0v) is 19.9. The lowest BCUT2D eigenvalue weighted by Gasteiger charge is -2.24. The average molecular weight is 497 g/mol. The Bertz CT molecular complexity index is 1220. The molecule has 1 saturated heterocycles. The first-order valence-electron chi connectivity index (χ1n) is 11.1. The lowest BCUT2D eigenvalue weighted by Crippen LogP contribution is -2.45. The van der Waals surface area contributed by atoms with Crippen LogP contribution in [0.3, 0.4) is 0 Å². The highest BCUT2D eigenvalue weighted by atomic mass is 35.5. The van der Waals surface area contributed by atoms with Gasteiger partial charge in [0.05, 0.1) is 11.8 Å². The normalized spacial score (nSPS) is 17.3. The van der Waals surface area contributed by atoms with Crippen LogP contribution in [0.4, 0.5) is 20.6 Å². The number of nitrogens with two attached hydrogens (primary N) is 1. The van der Waals surface area contributed by atoms with Crippen LogP contribution in [0.25, 0.3) is 11.1 Å². The summed E-state index contributed by atoms with van der Waals surface area (Å²) in [5, 5.41) is 5.93. The number of amides is 3. The quantitative estimate of drug-likeness (QED) is 0.454. The highest BCUT2D eigenvalue weighted by Crippen LogP contribution is 2.28. The number of carbonyl (C=O) groups excluding carboxylic acids is 2. The van der Waals surface area contributed by atoms with Gasteiger partial charge in [0.1, 0.15) is 11.9 Å². The smallest absolute Gasteiger partial charge is 0.322 e. The molecule has 1 aliphatic rings.